The molecular formula is C10H16S3. The van der Waals surface area contributed by atoms with Crippen molar-refractivity contribution in [2.75, 3.05) is 17.8 Å². The first kappa shape index (κ1) is 11.5. The summed E-state index contributed by atoms with van der Waals surface area (Å²) in [6, 6.07) is 4.44. The number of rotatable bonds is 6. The van der Waals surface area contributed by atoms with Crippen molar-refractivity contribution in [3.05, 3.63) is 17.0 Å². The molecule has 0 aliphatic heterocycles. The number of hydrogen-bond acceptors (Lipinski definition) is 3. The molecule has 0 N–H and O–H groups in total. The van der Waals surface area contributed by atoms with E-state index in [9.17, 15) is 0 Å². The van der Waals surface area contributed by atoms with Crippen LogP contribution >= 0.6 is 34.9 Å². The lowest BCUT2D eigenvalue weighted by atomic mass is 10.4. The monoisotopic (exact) mass is 232 g/mol. The van der Waals surface area contributed by atoms with Crippen LogP contribution in [0.25, 0.3) is 0 Å². The van der Waals surface area contributed by atoms with Crippen LogP contribution in [0.4, 0.5) is 0 Å². The van der Waals surface area contributed by atoms with Crippen LogP contribution in [0.5, 0.6) is 0 Å². The number of aryl methyl sites for hydroxylation is 1. The minimum Gasteiger partial charge on any atom is -0.165 e. The van der Waals surface area contributed by atoms with E-state index in [4.69, 9.17) is 0 Å². The third-order valence-corrected chi connectivity index (χ3v) is 4.71. The molecule has 1 heterocycles. The molecule has 0 bridgehead atoms. The van der Waals surface area contributed by atoms with Gasteiger partial charge in [-0.15, -0.1) is 23.1 Å². The lowest BCUT2D eigenvalue weighted by Crippen LogP contribution is -1.81. The maximum atomic E-state index is 2.24. The van der Waals surface area contributed by atoms with E-state index in [1.54, 1.807) is 0 Å². The number of thiophene rings is 1. The highest BCUT2D eigenvalue weighted by Gasteiger charge is 1.96. The van der Waals surface area contributed by atoms with Gasteiger partial charge in [-0.05, 0) is 49.7 Å². The normalized spacial score (nSPS) is 10.6. The highest BCUT2D eigenvalue weighted by Crippen LogP contribution is 2.27. The quantitative estimate of drug-likeness (QED) is 0.530. The van der Waals surface area contributed by atoms with Gasteiger partial charge in [-0.2, -0.15) is 11.8 Å². The van der Waals surface area contributed by atoms with Crippen molar-refractivity contribution >= 4 is 34.9 Å². The standard InChI is InChI=1S/C10H16S3/c1-9-5-6-10(13-9)12-8-4-3-7-11-2/h5-6H,3-4,7-8H2,1-2H3. The van der Waals surface area contributed by atoms with Gasteiger partial charge < -0.3 is 0 Å². The van der Waals surface area contributed by atoms with E-state index < -0.39 is 0 Å². The van der Waals surface area contributed by atoms with Crippen LogP contribution in [0.3, 0.4) is 0 Å². The SMILES string of the molecule is CSCCCCSc1ccc(C)s1. The van der Waals surface area contributed by atoms with Gasteiger partial charge in [-0.3, -0.25) is 0 Å². The van der Waals surface area contributed by atoms with Crippen LogP contribution < -0.4 is 0 Å². The summed E-state index contributed by atoms with van der Waals surface area (Å²) in [6.07, 6.45) is 4.89. The van der Waals surface area contributed by atoms with Crippen molar-refractivity contribution in [3.8, 4) is 0 Å². The molecule has 3 heteroatoms. The van der Waals surface area contributed by atoms with E-state index in [1.807, 2.05) is 34.9 Å². The van der Waals surface area contributed by atoms with E-state index in [1.165, 1.54) is 33.4 Å². The summed E-state index contributed by atoms with van der Waals surface area (Å²) >= 11 is 5.86. The Kier molecular flexibility index (Phi) is 6.00. The lowest BCUT2D eigenvalue weighted by Gasteiger charge is -1.97. The number of hydrogen-bond donors (Lipinski definition) is 0. The van der Waals surface area contributed by atoms with Crippen LogP contribution in [0.15, 0.2) is 16.3 Å². The Morgan fingerprint density at radius 1 is 1.23 bits per heavy atom. The molecule has 74 valence electrons. The average molecular weight is 232 g/mol. The Morgan fingerprint density at radius 2 is 2.00 bits per heavy atom. The molecule has 0 fully saturated rings. The van der Waals surface area contributed by atoms with Gasteiger partial charge in [0.25, 0.3) is 0 Å². The summed E-state index contributed by atoms with van der Waals surface area (Å²) in [5.74, 6) is 2.59. The Balaban J connectivity index is 2.06. The maximum Gasteiger partial charge on any atom is 0.0601 e. The van der Waals surface area contributed by atoms with Crippen LogP contribution in [0.1, 0.15) is 17.7 Å². The maximum absolute atomic E-state index is 2.24. The molecule has 1 aromatic heterocycles. The Hall–Kier alpha value is 0.400. The van der Waals surface area contributed by atoms with Gasteiger partial charge in [0.15, 0.2) is 0 Å². The molecule has 0 aromatic carbocycles. The first-order chi connectivity index (χ1) is 6.33. The molecule has 0 spiro atoms. The number of unbranched alkanes of at least 4 members (excludes halogenated alkanes) is 1. The van der Waals surface area contributed by atoms with Gasteiger partial charge in [0.05, 0.1) is 4.21 Å². The molecule has 0 nitrogen and oxygen atoms in total. The van der Waals surface area contributed by atoms with Crippen molar-refractivity contribution in [1.29, 1.82) is 0 Å². The Bertz CT molecular complexity index is 230. The van der Waals surface area contributed by atoms with Crippen molar-refractivity contribution in [1.82, 2.24) is 0 Å². The lowest BCUT2D eigenvalue weighted by molar-refractivity contribution is 0.908. The highest BCUT2D eigenvalue weighted by atomic mass is 32.2. The van der Waals surface area contributed by atoms with E-state index >= 15 is 0 Å². The Labute approximate surface area is 93.5 Å². The molecule has 0 aliphatic rings. The molecule has 0 saturated carbocycles. The van der Waals surface area contributed by atoms with Crippen LogP contribution in [0, 0.1) is 6.92 Å². The zero-order valence-corrected chi connectivity index (χ0v) is 10.7. The van der Waals surface area contributed by atoms with Crippen LogP contribution in [0.2, 0.25) is 0 Å². The molecule has 0 atom stereocenters. The second-order valence-corrected chi connectivity index (χ2v) is 6.58. The first-order valence-corrected chi connectivity index (χ1v) is 7.70. The van der Waals surface area contributed by atoms with Crippen molar-refractivity contribution in [2.24, 2.45) is 0 Å². The van der Waals surface area contributed by atoms with Crippen molar-refractivity contribution in [3.63, 3.8) is 0 Å². The zero-order valence-electron chi connectivity index (χ0n) is 8.21. The van der Waals surface area contributed by atoms with Crippen molar-refractivity contribution < 1.29 is 0 Å². The third-order valence-electron chi connectivity index (χ3n) is 1.70. The molecule has 0 saturated heterocycles. The minimum absolute atomic E-state index is 1.28. The Morgan fingerprint density at radius 3 is 2.62 bits per heavy atom. The van der Waals surface area contributed by atoms with E-state index in [-0.39, 0.29) is 0 Å². The molecule has 0 amide bonds. The molecule has 1 aromatic rings. The fourth-order valence-electron chi connectivity index (χ4n) is 1.01. The van der Waals surface area contributed by atoms with Gasteiger partial charge >= 0.3 is 0 Å². The minimum atomic E-state index is 1.28. The molecule has 0 radical (unpaired) electrons. The molecule has 1 rings (SSSR count). The summed E-state index contributed by atoms with van der Waals surface area (Å²) < 4.78 is 1.47. The van der Waals surface area contributed by atoms with E-state index in [2.05, 4.69) is 25.3 Å². The summed E-state index contributed by atoms with van der Waals surface area (Å²) in [4.78, 5) is 1.42. The zero-order chi connectivity index (χ0) is 9.52. The number of thioether (sulfide) groups is 2. The van der Waals surface area contributed by atoms with Gasteiger partial charge in [0.2, 0.25) is 0 Å². The summed E-state index contributed by atoms with van der Waals surface area (Å²) in [5, 5.41) is 0. The van der Waals surface area contributed by atoms with Gasteiger partial charge in [0.1, 0.15) is 0 Å². The topological polar surface area (TPSA) is 0 Å². The second-order valence-electron chi connectivity index (χ2n) is 2.91. The van der Waals surface area contributed by atoms with Gasteiger partial charge in [0, 0.05) is 4.88 Å². The highest BCUT2D eigenvalue weighted by molar-refractivity contribution is 8.01. The predicted octanol–water partition coefficient (Wildman–Crippen LogP) is 4.29. The first-order valence-electron chi connectivity index (χ1n) is 4.51. The van der Waals surface area contributed by atoms with E-state index in [0.717, 1.165) is 0 Å². The largest absolute Gasteiger partial charge is 0.165 e. The molecule has 13 heavy (non-hydrogen) atoms. The molecule has 0 aliphatic carbocycles. The fourth-order valence-corrected chi connectivity index (χ4v) is 3.69. The predicted molar refractivity (Wildman–Crippen MR) is 67.4 cm³/mol. The third kappa shape index (κ3) is 4.99. The smallest absolute Gasteiger partial charge is 0.0601 e. The van der Waals surface area contributed by atoms with Crippen LogP contribution in [-0.2, 0) is 0 Å². The summed E-state index contributed by atoms with van der Waals surface area (Å²) in [7, 11) is 0. The second kappa shape index (κ2) is 6.80. The summed E-state index contributed by atoms with van der Waals surface area (Å²) in [5.41, 5.74) is 0. The van der Waals surface area contributed by atoms with Crippen LogP contribution in [-0.4, -0.2) is 17.8 Å². The molecule has 0 unspecified atom stereocenters. The van der Waals surface area contributed by atoms with Crippen molar-refractivity contribution in [2.45, 2.75) is 24.0 Å². The van der Waals surface area contributed by atoms with E-state index in [0.29, 0.717) is 0 Å². The van der Waals surface area contributed by atoms with Gasteiger partial charge in [-0.1, -0.05) is 0 Å². The average Bonchev–Trinajstić information content (AvgIpc) is 2.51. The van der Waals surface area contributed by atoms with Gasteiger partial charge in [-0.25, -0.2) is 0 Å². The molecular weight excluding hydrogens is 216 g/mol. The summed E-state index contributed by atoms with van der Waals surface area (Å²) in [6.45, 7) is 2.17. The fraction of sp³-hybridized carbons (Fsp3) is 0.600.